The van der Waals surface area contributed by atoms with Crippen molar-refractivity contribution in [3.8, 4) is 17.2 Å². The van der Waals surface area contributed by atoms with Crippen LogP contribution in [0.1, 0.15) is 43.2 Å². The number of aromatic hydroxyl groups is 1. The maximum Gasteiger partial charge on any atom is 0.135 e. The van der Waals surface area contributed by atoms with Gasteiger partial charge in [-0.3, -0.25) is 0 Å². The molecule has 4 aliphatic carbocycles. The summed E-state index contributed by atoms with van der Waals surface area (Å²) in [6, 6.07) is 48.4. The van der Waals surface area contributed by atoms with Crippen molar-refractivity contribution in [2.45, 2.75) is 37.5 Å². The Kier molecular flexibility index (Phi) is 6.86. The first-order chi connectivity index (χ1) is 21.7. The Morgan fingerprint density at radius 2 is 0.955 bits per heavy atom. The van der Waals surface area contributed by atoms with Crippen molar-refractivity contribution < 1.29 is 9.84 Å². The fraction of sp³-hybridized carbons (Fsp3) is 0.238. The second-order valence-electron chi connectivity index (χ2n) is 13.2. The first-order valence-electron chi connectivity index (χ1n) is 16.2. The van der Waals surface area contributed by atoms with Gasteiger partial charge in [-0.05, 0) is 113 Å². The van der Waals surface area contributed by atoms with E-state index >= 15 is 0 Å². The molecule has 0 amide bonds. The molecule has 0 aliphatic heterocycles. The fourth-order valence-corrected chi connectivity index (χ4v) is 9.12. The van der Waals surface area contributed by atoms with Crippen molar-refractivity contribution in [1.29, 1.82) is 0 Å². The highest BCUT2D eigenvalue weighted by Gasteiger charge is 2.58. The number of benzene rings is 6. The average molecular weight is 575 g/mol. The van der Waals surface area contributed by atoms with E-state index in [1.165, 1.54) is 59.4 Å². The zero-order chi connectivity index (χ0) is 29.5. The molecule has 2 heteroatoms. The molecule has 10 rings (SSSR count). The van der Waals surface area contributed by atoms with Crippen LogP contribution in [0.4, 0.5) is 0 Å². The van der Waals surface area contributed by atoms with E-state index in [1.807, 2.05) is 18.2 Å². The number of rotatable bonds is 4. The highest BCUT2D eigenvalue weighted by molar-refractivity contribution is 5.88. The van der Waals surface area contributed by atoms with Crippen molar-refractivity contribution in [2.75, 3.05) is 0 Å². The van der Waals surface area contributed by atoms with Gasteiger partial charge in [0.1, 0.15) is 17.2 Å². The molecule has 6 aromatic rings. The number of phenols is 1. The lowest BCUT2D eigenvalue weighted by molar-refractivity contribution is -0.0418. The number of hydrogen-bond donors (Lipinski definition) is 1. The van der Waals surface area contributed by atoms with E-state index in [0.717, 1.165) is 28.7 Å². The Hall–Kier alpha value is -4.56. The van der Waals surface area contributed by atoms with E-state index in [2.05, 4.69) is 121 Å². The Bertz CT molecular complexity index is 1800. The van der Waals surface area contributed by atoms with Crippen LogP contribution in [0.15, 0.2) is 140 Å². The quantitative estimate of drug-likeness (QED) is 0.227. The van der Waals surface area contributed by atoms with E-state index in [9.17, 15) is 5.11 Å². The first-order valence-corrected chi connectivity index (χ1v) is 16.2. The molecule has 6 aromatic carbocycles. The normalized spacial score (nSPS) is 25.0. The van der Waals surface area contributed by atoms with Crippen LogP contribution in [0, 0.1) is 23.7 Å². The second-order valence-corrected chi connectivity index (χ2v) is 13.2. The topological polar surface area (TPSA) is 29.5 Å². The molecule has 4 aliphatic rings. The number of hydrogen-bond acceptors (Lipinski definition) is 2. The van der Waals surface area contributed by atoms with Crippen LogP contribution in [-0.4, -0.2) is 5.11 Å². The lowest BCUT2D eigenvalue weighted by Crippen LogP contribution is -2.56. The van der Waals surface area contributed by atoms with Crippen LogP contribution in [0.3, 0.4) is 0 Å². The van der Waals surface area contributed by atoms with Crippen LogP contribution >= 0.6 is 0 Å². The molecule has 0 heterocycles. The summed E-state index contributed by atoms with van der Waals surface area (Å²) < 4.78 is 6.37. The molecular formula is C42H38O2. The highest BCUT2D eigenvalue weighted by atomic mass is 16.5. The molecule has 0 unspecified atom stereocenters. The second kappa shape index (κ2) is 11.2. The molecular weight excluding hydrogens is 536 g/mol. The summed E-state index contributed by atoms with van der Waals surface area (Å²) in [6.07, 6.45) is 6.78. The van der Waals surface area contributed by atoms with E-state index in [4.69, 9.17) is 4.74 Å². The summed E-state index contributed by atoms with van der Waals surface area (Å²) >= 11 is 0. The third kappa shape index (κ3) is 4.74. The Morgan fingerprint density at radius 1 is 0.477 bits per heavy atom. The van der Waals surface area contributed by atoms with Gasteiger partial charge in [-0.1, -0.05) is 109 Å². The maximum absolute atomic E-state index is 10.00. The van der Waals surface area contributed by atoms with Crippen LogP contribution in [0.2, 0.25) is 0 Å². The van der Waals surface area contributed by atoms with E-state index in [-0.39, 0.29) is 5.41 Å². The molecule has 4 bridgehead atoms. The van der Waals surface area contributed by atoms with Crippen LogP contribution in [-0.2, 0) is 5.41 Å². The zero-order valence-corrected chi connectivity index (χ0v) is 25.0. The molecule has 0 aromatic heterocycles. The summed E-state index contributed by atoms with van der Waals surface area (Å²) in [4.78, 5) is 0. The van der Waals surface area contributed by atoms with E-state index < -0.39 is 0 Å². The van der Waals surface area contributed by atoms with Crippen molar-refractivity contribution in [1.82, 2.24) is 0 Å². The molecule has 4 saturated carbocycles. The van der Waals surface area contributed by atoms with Gasteiger partial charge in [0.05, 0.1) is 0 Å². The van der Waals surface area contributed by atoms with Gasteiger partial charge in [0.25, 0.3) is 0 Å². The summed E-state index contributed by atoms with van der Waals surface area (Å²) in [5, 5.41) is 14.9. The number of phenolic OH excluding ortho intramolecular Hbond substituents is 1. The van der Waals surface area contributed by atoms with E-state index in [1.54, 1.807) is 0 Å². The average Bonchev–Trinajstić information content (AvgIpc) is 3.06. The Morgan fingerprint density at radius 3 is 1.52 bits per heavy atom. The lowest BCUT2D eigenvalue weighted by Gasteiger charge is -2.62. The molecule has 0 spiro atoms. The Balaban J connectivity index is 0.000000245. The standard InChI is InChI=1S/C32H30O2.C10H8/c33-28-12-8-24(9-13-28)32(26-17-21-16-22(19-26)20-27(32)18-21)25-10-14-29(15-11-25)34-31-7-3-5-23-4-1-2-6-30(23)31;1-2-6-10-8-4-3-7-9(10)5-1/h1-15,21-22,26-27,33H,16-20H2;1-8H. The van der Waals surface area contributed by atoms with Gasteiger partial charge < -0.3 is 9.84 Å². The monoisotopic (exact) mass is 574 g/mol. The molecule has 2 nitrogen and oxygen atoms in total. The molecule has 218 valence electrons. The smallest absolute Gasteiger partial charge is 0.135 e. The molecule has 1 N–H and O–H groups in total. The van der Waals surface area contributed by atoms with Crippen LogP contribution < -0.4 is 4.74 Å². The molecule has 0 radical (unpaired) electrons. The largest absolute Gasteiger partial charge is 0.508 e. The SMILES string of the molecule is Oc1ccc(C2(c3ccc(Oc4cccc5ccccc45)cc3)C3CC4CC(C3)CC2C4)cc1.c1ccc2ccccc2c1. The molecule has 0 atom stereocenters. The summed E-state index contributed by atoms with van der Waals surface area (Å²) in [5.74, 6) is 5.29. The summed E-state index contributed by atoms with van der Waals surface area (Å²) in [7, 11) is 0. The molecule has 4 fully saturated rings. The molecule has 44 heavy (non-hydrogen) atoms. The Labute approximate surface area is 260 Å². The third-order valence-electron chi connectivity index (χ3n) is 10.7. The zero-order valence-electron chi connectivity index (χ0n) is 25.0. The first kappa shape index (κ1) is 27.0. The van der Waals surface area contributed by atoms with Gasteiger partial charge in [-0.2, -0.15) is 0 Å². The molecule has 0 saturated heterocycles. The highest BCUT2D eigenvalue weighted by Crippen LogP contribution is 2.65. The van der Waals surface area contributed by atoms with Gasteiger partial charge in [0.2, 0.25) is 0 Å². The minimum absolute atomic E-state index is 0.0408. The van der Waals surface area contributed by atoms with Gasteiger partial charge in [-0.25, -0.2) is 0 Å². The minimum atomic E-state index is 0.0408. The fourth-order valence-electron chi connectivity index (χ4n) is 9.12. The third-order valence-corrected chi connectivity index (χ3v) is 10.7. The van der Waals surface area contributed by atoms with Gasteiger partial charge in [0, 0.05) is 10.8 Å². The number of fused-ring (bicyclic) bond motifs is 2. The summed E-state index contributed by atoms with van der Waals surface area (Å²) in [6.45, 7) is 0. The van der Waals surface area contributed by atoms with Crippen molar-refractivity contribution in [2.24, 2.45) is 23.7 Å². The van der Waals surface area contributed by atoms with Crippen molar-refractivity contribution in [3.05, 3.63) is 151 Å². The lowest BCUT2D eigenvalue weighted by atomic mass is 9.42. The van der Waals surface area contributed by atoms with Gasteiger partial charge in [-0.15, -0.1) is 0 Å². The minimum Gasteiger partial charge on any atom is -0.508 e. The van der Waals surface area contributed by atoms with Crippen LogP contribution in [0.25, 0.3) is 21.5 Å². The summed E-state index contributed by atoms with van der Waals surface area (Å²) in [5.41, 5.74) is 2.83. The van der Waals surface area contributed by atoms with Crippen LogP contribution in [0.5, 0.6) is 17.2 Å². The maximum atomic E-state index is 10.00. The van der Waals surface area contributed by atoms with Crippen molar-refractivity contribution in [3.63, 3.8) is 0 Å². The van der Waals surface area contributed by atoms with Gasteiger partial charge in [0.15, 0.2) is 0 Å². The van der Waals surface area contributed by atoms with E-state index in [0.29, 0.717) is 17.6 Å². The van der Waals surface area contributed by atoms with Crippen molar-refractivity contribution >= 4 is 21.5 Å². The van der Waals surface area contributed by atoms with Gasteiger partial charge >= 0.3 is 0 Å². The predicted molar refractivity (Wildman–Crippen MR) is 180 cm³/mol. The predicted octanol–water partition coefficient (Wildman–Crippen LogP) is 10.9. The number of ether oxygens (including phenoxy) is 1.